The van der Waals surface area contributed by atoms with Gasteiger partial charge in [0.15, 0.2) is 5.13 Å². The summed E-state index contributed by atoms with van der Waals surface area (Å²) in [6, 6.07) is 3.83. The Hall–Kier alpha value is -3.36. The van der Waals surface area contributed by atoms with Crippen LogP contribution in [0.3, 0.4) is 0 Å². The Bertz CT molecular complexity index is 1490. The summed E-state index contributed by atoms with van der Waals surface area (Å²) in [5.74, 6) is -1.08. The molecule has 2 heterocycles. The fourth-order valence-electron chi connectivity index (χ4n) is 3.17. The number of nitrogens with one attached hydrogen (secondary N) is 1. The predicted molar refractivity (Wildman–Crippen MR) is 125 cm³/mol. The Kier molecular flexibility index (Phi) is 7.33. The lowest BCUT2D eigenvalue weighted by molar-refractivity contribution is -0.142. The number of likely N-dealkylation sites (N-methyl/N-ethyl adjacent to an activating group) is 1. The molecule has 0 aliphatic rings. The molecule has 0 aliphatic carbocycles. The van der Waals surface area contributed by atoms with Crippen molar-refractivity contribution in [3.63, 3.8) is 0 Å². The average molecular weight is 510 g/mol. The van der Waals surface area contributed by atoms with Crippen molar-refractivity contribution in [1.29, 1.82) is 0 Å². The van der Waals surface area contributed by atoms with Crippen LogP contribution in [-0.2, 0) is 44.9 Å². The molecule has 0 saturated heterocycles. The quantitative estimate of drug-likeness (QED) is 0.419. The number of hydrogen-bond acceptors (Lipinski definition) is 9. The molecule has 0 radical (unpaired) electrons. The van der Waals surface area contributed by atoms with Crippen LogP contribution in [0.25, 0.3) is 10.9 Å². The van der Waals surface area contributed by atoms with Gasteiger partial charge in [-0.25, -0.2) is 18.2 Å². The van der Waals surface area contributed by atoms with Gasteiger partial charge in [-0.3, -0.25) is 23.5 Å². The second-order valence-electron chi connectivity index (χ2n) is 7.32. The van der Waals surface area contributed by atoms with Gasteiger partial charge in [0.25, 0.3) is 5.56 Å². The van der Waals surface area contributed by atoms with Crippen molar-refractivity contribution < 1.29 is 22.7 Å². The molecule has 1 aromatic carbocycles. The van der Waals surface area contributed by atoms with Gasteiger partial charge in [0.05, 0.1) is 41.1 Å². The fourth-order valence-corrected chi connectivity index (χ4v) is 5.05. The monoisotopic (exact) mass is 509 g/mol. The molecule has 1 amide bonds. The Labute approximate surface area is 198 Å². The van der Waals surface area contributed by atoms with Gasteiger partial charge in [-0.15, -0.1) is 11.3 Å². The number of ether oxygens (including phenoxy) is 1. The van der Waals surface area contributed by atoms with E-state index in [0.29, 0.717) is 5.69 Å². The van der Waals surface area contributed by atoms with E-state index in [2.05, 4.69) is 10.3 Å². The summed E-state index contributed by atoms with van der Waals surface area (Å²) >= 11 is 1.09. The highest BCUT2D eigenvalue weighted by Gasteiger charge is 2.25. The van der Waals surface area contributed by atoms with Gasteiger partial charge in [0, 0.05) is 26.5 Å². The molecular weight excluding hydrogens is 486 g/mol. The summed E-state index contributed by atoms with van der Waals surface area (Å²) in [4.78, 5) is 52.4. The minimum absolute atomic E-state index is 0.0402. The minimum atomic E-state index is -4.13. The molecule has 0 spiro atoms. The van der Waals surface area contributed by atoms with Crippen molar-refractivity contribution in [2.24, 2.45) is 14.1 Å². The Morgan fingerprint density at radius 2 is 1.91 bits per heavy atom. The lowest BCUT2D eigenvalue weighted by Crippen LogP contribution is -2.37. The van der Waals surface area contributed by atoms with Gasteiger partial charge in [-0.2, -0.15) is 4.31 Å². The van der Waals surface area contributed by atoms with E-state index in [4.69, 9.17) is 4.74 Å². The van der Waals surface area contributed by atoms with E-state index >= 15 is 0 Å². The predicted octanol–water partition coefficient (Wildman–Crippen LogP) is 0.0585. The van der Waals surface area contributed by atoms with E-state index in [9.17, 15) is 27.6 Å². The summed E-state index contributed by atoms with van der Waals surface area (Å²) in [5.41, 5.74) is -0.450. The number of aromatic nitrogens is 3. The van der Waals surface area contributed by atoms with Crippen molar-refractivity contribution in [1.82, 2.24) is 18.4 Å². The van der Waals surface area contributed by atoms with Crippen LogP contribution in [0.1, 0.15) is 12.6 Å². The molecule has 14 heteroatoms. The van der Waals surface area contributed by atoms with Gasteiger partial charge in [0.1, 0.15) is 0 Å². The highest BCUT2D eigenvalue weighted by atomic mass is 32.2. The number of benzene rings is 1. The maximum atomic E-state index is 13.0. The zero-order valence-corrected chi connectivity index (χ0v) is 20.5. The first kappa shape index (κ1) is 25.3. The third-order valence-electron chi connectivity index (χ3n) is 4.94. The van der Waals surface area contributed by atoms with Crippen LogP contribution in [0.5, 0.6) is 0 Å². The number of thiazole rings is 1. The molecule has 1 N–H and O–H groups in total. The topological polar surface area (TPSA) is 150 Å². The van der Waals surface area contributed by atoms with Crippen LogP contribution in [0, 0.1) is 0 Å². The number of hydrogen-bond donors (Lipinski definition) is 1. The third-order valence-corrected chi connectivity index (χ3v) is 7.55. The molecule has 2 aromatic heterocycles. The van der Waals surface area contributed by atoms with Gasteiger partial charge in [-0.1, -0.05) is 0 Å². The van der Waals surface area contributed by atoms with Crippen molar-refractivity contribution in [3.8, 4) is 0 Å². The summed E-state index contributed by atoms with van der Waals surface area (Å²) < 4.78 is 33.8. The first-order valence-corrected chi connectivity index (χ1v) is 12.3. The molecule has 0 fully saturated rings. The standard InChI is InChI=1S/C20H23N5O7S2/c1-5-32-17(27)8-12-11-33-19(21-12)22-16(26)10-23(2)34(30,31)13-6-7-15-14(9-13)18(28)25(4)20(29)24(15)3/h6-7,9,11H,5,8,10H2,1-4H3,(H,21,22,26). The number of carbonyl (C=O) groups excluding carboxylic acids is 2. The van der Waals surface area contributed by atoms with Crippen molar-refractivity contribution in [2.45, 2.75) is 18.2 Å². The summed E-state index contributed by atoms with van der Waals surface area (Å²) in [6.07, 6.45) is -0.0402. The highest BCUT2D eigenvalue weighted by Crippen LogP contribution is 2.20. The van der Waals surface area contributed by atoms with Crippen molar-refractivity contribution >= 4 is 49.3 Å². The normalized spacial score (nSPS) is 11.7. The minimum Gasteiger partial charge on any atom is -0.466 e. The molecule has 3 aromatic rings. The Balaban J connectivity index is 1.76. The molecule has 0 bridgehead atoms. The number of rotatable bonds is 8. The lowest BCUT2D eigenvalue weighted by Gasteiger charge is -2.17. The SMILES string of the molecule is CCOC(=O)Cc1csc(NC(=O)CN(C)S(=O)(=O)c2ccc3c(c2)c(=O)n(C)c(=O)n3C)n1. The first-order chi connectivity index (χ1) is 15.9. The number of anilines is 1. The van der Waals surface area contributed by atoms with E-state index in [0.717, 1.165) is 20.2 Å². The van der Waals surface area contributed by atoms with E-state index in [-0.39, 0.29) is 34.0 Å². The zero-order valence-electron chi connectivity index (χ0n) is 18.9. The molecular formula is C20H23N5O7S2. The van der Waals surface area contributed by atoms with Gasteiger partial charge >= 0.3 is 11.7 Å². The lowest BCUT2D eigenvalue weighted by atomic mass is 10.2. The van der Waals surface area contributed by atoms with E-state index in [1.807, 2.05) is 0 Å². The van der Waals surface area contributed by atoms with Gasteiger partial charge in [-0.05, 0) is 25.1 Å². The summed E-state index contributed by atoms with van der Waals surface area (Å²) in [6.45, 7) is 1.42. The smallest absolute Gasteiger partial charge is 0.330 e. The van der Waals surface area contributed by atoms with Crippen LogP contribution >= 0.6 is 11.3 Å². The molecule has 0 atom stereocenters. The molecule has 3 rings (SSSR count). The number of sulfonamides is 1. The van der Waals surface area contributed by atoms with Crippen molar-refractivity contribution in [2.75, 3.05) is 25.5 Å². The van der Waals surface area contributed by atoms with Crippen LogP contribution in [0.4, 0.5) is 5.13 Å². The van der Waals surface area contributed by atoms with Gasteiger partial charge < -0.3 is 10.1 Å². The summed E-state index contributed by atoms with van der Waals surface area (Å²) in [7, 11) is -0.119. The van der Waals surface area contributed by atoms with Crippen LogP contribution in [0.15, 0.2) is 38.1 Å². The maximum Gasteiger partial charge on any atom is 0.330 e. The van der Waals surface area contributed by atoms with Crippen LogP contribution < -0.4 is 16.6 Å². The van der Waals surface area contributed by atoms with Gasteiger partial charge in [0.2, 0.25) is 15.9 Å². The van der Waals surface area contributed by atoms with Crippen LogP contribution in [0.2, 0.25) is 0 Å². The van der Waals surface area contributed by atoms with E-state index < -0.39 is 39.7 Å². The molecule has 0 aliphatic heterocycles. The number of fused-ring (bicyclic) bond motifs is 1. The number of amides is 1. The number of carbonyl (C=O) groups is 2. The Morgan fingerprint density at radius 3 is 2.59 bits per heavy atom. The van der Waals surface area contributed by atoms with Crippen molar-refractivity contribution in [3.05, 3.63) is 50.1 Å². The number of esters is 1. The Morgan fingerprint density at radius 1 is 1.21 bits per heavy atom. The second-order valence-corrected chi connectivity index (χ2v) is 10.2. The second kappa shape index (κ2) is 9.87. The largest absolute Gasteiger partial charge is 0.466 e. The number of nitrogens with zero attached hydrogens (tertiary/aromatic N) is 4. The molecule has 0 saturated carbocycles. The first-order valence-electron chi connectivity index (χ1n) is 10.0. The highest BCUT2D eigenvalue weighted by molar-refractivity contribution is 7.89. The zero-order chi connectivity index (χ0) is 25.2. The summed E-state index contributed by atoms with van der Waals surface area (Å²) in [5, 5.41) is 4.36. The molecule has 0 unspecified atom stereocenters. The van der Waals surface area contributed by atoms with E-state index in [1.54, 1.807) is 12.3 Å². The molecule has 12 nitrogen and oxygen atoms in total. The maximum absolute atomic E-state index is 13.0. The van der Waals surface area contributed by atoms with E-state index in [1.165, 1.54) is 43.9 Å². The third kappa shape index (κ3) is 5.08. The van der Waals surface area contributed by atoms with Crippen LogP contribution in [-0.4, -0.2) is 58.9 Å². The molecule has 34 heavy (non-hydrogen) atoms. The number of aryl methyl sites for hydroxylation is 1. The fraction of sp³-hybridized carbons (Fsp3) is 0.350. The average Bonchev–Trinajstić information content (AvgIpc) is 3.21. The molecule has 182 valence electrons.